The Labute approximate surface area is 159 Å². The maximum atomic E-state index is 12.2. The van der Waals surface area contributed by atoms with Crippen molar-refractivity contribution in [3.8, 4) is 0 Å². The molecule has 1 atom stereocenters. The van der Waals surface area contributed by atoms with Gasteiger partial charge in [0.2, 0.25) is 5.91 Å². The third-order valence-electron chi connectivity index (χ3n) is 4.48. The summed E-state index contributed by atoms with van der Waals surface area (Å²) in [5.74, 6) is 0.823. The number of carbonyl (C=O) groups excluding carboxylic acids is 1. The zero-order valence-electron chi connectivity index (χ0n) is 13.9. The molecule has 24 heavy (non-hydrogen) atoms. The van der Waals surface area contributed by atoms with Crippen LogP contribution < -0.4 is 11.1 Å². The van der Waals surface area contributed by atoms with Gasteiger partial charge in [0.25, 0.3) is 0 Å². The molecule has 2 rings (SSSR count). The lowest BCUT2D eigenvalue weighted by atomic mass is 9.74. The van der Waals surface area contributed by atoms with Gasteiger partial charge in [-0.05, 0) is 49.0 Å². The summed E-state index contributed by atoms with van der Waals surface area (Å²) in [6, 6.07) is 7.46. The lowest BCUT2D eigenvalue weighted by molar-refractivity contribution is -0.122. The van der Waals surface area contributed by atoms with E-state index in [1.54, 1.807) is 11.8 Å². The maximum Gasteiger partial charge on any atom is 0.236 e. The van der Waals surface area contributed by atoms with Gasteiger partial charge in [0.05, 0.1) is 6.04 Å². The van der Waals surface area contributed by atoms with Gasteiger partial charge in [0.1, 0.15) is 0 Å². The van der Waals surface area contributed by atoms with E-state index in [0.717, 1.165) is 23.6 Å². The number of hydrogen-bond acceptors (Lipinski definition) is 4. The van der Waals surface area contributed by atoms with Crippen LogP contribution in [0, 0.1) is 0 Å². The third kappa shape index (κ3) is 5.81. The van der Waals surface area contributed by atoms with Gasteiger partial charge in [0, 0.05) is 30.2 Å². The monoisotopic (exact) mass is 392 g/mol. The van der Waals surface area contributed by atoms with Crippen LogP contribution in [0.25, 0.3) is 0 Å². The van der Waals surface area contributed by atoms with Crippen molar-refractivity contribution < 1.29 is 9.53 Å². The van der Waals surface area contributed by atoms with Gasteiger partial charge in [-0.2, -0.15) is 11.8 Å². The predicted molar refractivity (Wildman–Crippen MR) is 104 cm³/mol. The van der Waals surface area contributed by atoms with Gasteiger partial charge in [0.15, 0.2) is 0 Å². The predicted octanol–water partition coefficient (Wildman–Crippen LogP) is 3.01. The van der Waals surface area contributed by atoms with E-state index < -0.39 is 6.04 Å². The molecule has 0 aliphatic carbocycles. The van der Waals surface area contributed by atoms with Crippen molar-refractivity contribution in [3.63, 3.8) is 0 Å². The quantitative estimate of drug-likeness (QED) is 0.748. The van der Waals surface area contributed by atoms with Crippen molar-refractivity contribution in [1.29, 1.82) is 0 Å². The molecule has 1 aromatic carbocycles. The van der Waals surface area contributed by atoms with Crippen molar-refractivity contribution in [2.75, 3.05) is 31.8 Å². The lowest BCUT2D eigenvalue weighted by Gasteiger charge is -2.38. The van der Waals surface area contributed by atoms with Crippen molar-refractivity contribution in [1.82, 2.24) is 5.32 Å². The van der Waals surface area contributed by atoms with E-state index in [1.807, 2.05) is 30.5 Å². The van der Waals surface area contributed by atoms with E-state index >= 15 is 0 Å². The zero-order chi connectivity index (χ0) is 16.7. The molecular formula is C17H26Cl2N2O2S. The molecule has 0 spiro atoms. The summed E-state index contributed by atoms with van der Waals surface area (Å²) in [6.45, 7) is 2.00. The van der Waals surface area contributed by atoms with Crippen LogP contribution in [0.4, 0.5) is 0 Å². The highest BCUT2D eigenvalue weighted by atomic mass is 35.5. The Morgan fingerprint density at radius 1 is 1.38 bits per heavy atom. The Bertz CT molecular complexity index is 508. The molecule has 1 saturated heterocycles. The number of carbonyl (C=O) groups is 1. The minimum Gasteiger partial charge on any atom is -0.381 e. The maximum absolute atomic E-state index is 12.2. The smallest absolute Gasteiger partial charge is 0.236 e. The highest BCUT2D eigenvalue weighted by Gasteiger charge is 2.35. The second-order valence-electron chi connectivity index (χ2n) is 6.01. The summed E-state index contributed by atoms with van der Waals surface area (Å²) >= 11 is 7.70. The molecule has 0 unspecified atom stereocenters. The van der Waals surface area contributed by atoms with Gasteiger partial charge in [-0.3, -0.25) is 4.79 Å². The molecule has 1 heterocycles. The van der Waals surface area contributed by atoms with Crippen molar-refractivity contribution in [2.24, 2.45) is 5.73 Å². The summed E-state index contributed by atoms with van der Waals surface area (Å²) in [5, 5.41) is 3.77. The van der Waals surface area contributed by atoms with Crippen LogP contribution >= 0.6 is 35.8 Å². The molecule has 0 bridgehead atoms. The Morgan fingerprint density at radius 3 is 2.58 bits per heavy atom. The van der Waals surface area contributed by atoms with Crippen LogP contribution in [0.3, 0.4) is 0 Å². The van der Waals surface area contributed by atoms with Crippen LogP contribution in [0.1, 0.15) is 24.8 Å². The number of ether oxygens (including phenoxy) is 1. The first kappa shape index (κ1) is 21.6. The standard InChI is InChI=1S/C17H25ClN2O2S.ClH/c1-23-11-6-15(19)16(21)20-12-17(7-9-22-10-8-17)13-2-4-14(18)5-3-13;/h2-5,15H,6-12,19H2,1H3,(H,20,21);1H/t15-;/m0./s1. The molecule has 0 aromatic heterocycles. The van der Waals surface area contributed by atoms with Gasteiger partial charge >= 0.3 is 0 Å². The molecule has 3 N–H and O–H groups in total. The average molecular weight is 393 g/mol. The van der Waals surface area contributed by atoms with E-state index in [0.29, 0.717) is 26.2 Å². The molecule has 0 radical (unpaired) electrons. The molecule has 1 aromatic rings. The number of benzene rings is 1. The SMILES string of the molecule is CSCC[C@H](N)C(=O)NCC1(c2ccc(Cl)cc2)CCOCC1.Cl. The molecule has 4 nitrogen and oxygen atoms in total. The normalized spacial score (nSPS) is 17.6. The van der Waals surface area contributed by atoms with Crippen LogP contribution in [-0.4, -0.2) is 43.7 Å². The van der Waals surface area contributed by atoms with E-state index in [1.165, 1.54) is 5.56 Å². The summed E-state index contributed by atoms with van der Waals surface area (Å²) in [5.41, 5.74) is 7.05. The first-order valence-electron chi connectivity index (χ1n) is 7.93. The number of thioether (sulfide) groups is 1. The second kappa shape index (κ2) is 10.5. The fourth-order valence-electron chi connectivity index (χ4n) is 2.90. The summed E-state index contributed by atoms with van der Waals surface area (Å²) in [4.78, 5) is 12.2. The second-order valence-corrected chi connectivity index (χ2v) is 7.43. The van der Waals surface area contributed by atoms with Gasteiger partial charge in [-0.15, -0.1) is 12.4 Å². The average Bonchev–Trinajstić information content (AvgIpc) is 2.59. The fourth-order valence-corrected chi connectivity index (χ4v) is 3.51. The highest BCUT2D eigenvalue weighted by Crippen LogP contribution is 2.34. The molecule has 136 valence electrons. The molecule has 0 saturated carbocycles. The number of halogens is 2. The third-order valence-corrected chi connectivity index (χ3v) is 5.37. The fraction of sp³-hybridized carbons (Fsp3) is 0.588. The number of hydrogen-bond donors (Lipinski definition) is 2. The van der Waals surface area contributed by atoms with Crippen molar-refractivity contribution in [2.45, 2.75) is 30.7 Å². The number of nitrogens with two attached hydrogens (primary N) is 1. The molecule has 7 heteroatoms. The number of nitrogens with one attached hydrogen (secondary N) is 1. The zero-order valence-corrected chi connectivity index (χ0v) is 16.3. The largest absolute Gasteiger partial charge is 0.381 e. The topological polar surface area (TPSA) is 64.4 Å². The van der Waals surface area contributed by atoms with E-state index in [9.17, 15) is 4.79 Å². The minimum absolute atomic E-state index is 0. The number of rotatable bonds is 7. The van der Waals surface area contributed by atoms with Crippen LogP contribution in [0.2, 0.25) is 5.02 Å². The summed E-state index contributed by atoms with van der Waals surface area (Å²) in [6.07, 6.45) is 4.48. The number of amides is 1. The van der Waals surface area contributed by atoms with Crippen LogP contribution in [0.15, 0.2) is 24.3 Å². The first-order chi connectivity index (χ1) is 11.1. The minimum atomic E-state index is -0.440. The Hall–Kier alpha value is -0.460. The Kier molecular flexibility index (Phi) is 9.45. The van der Waals surface area contributed by atoms with Gasteiger partial charge in [-0.25, -0.2) is 0 Å². The Balaban J connectivity index is 0.00000288. The molecule has 1 aliphatic heterocycles. The summed E-state index contributed by atoms with van der Waals surface area (Å²) < 4.78 is 5.51. The van der Waals surface area contributed by atoms with Crippen molar-refractivity contribution in [3.05, 3.63) is 34.9 Å². The van der Waals surface area contributed by atoms with Gasteiger partial charge < -0.3 is 15.8 Å². The molecule has 1 amide bonds. The molecule has 1 aliphatic rings. The van der Waals surface area contributed by atoms with Crippen LogP contribution in [0.5, 0.6) is 0 Å². The Morgan fingerprint density at radius 2 is 2.00 bits per heavy atom. The van der Waals surface area contributed by atoms with E-state index in [2.05, 4.69) is 5.32 Å². The van der Waals surface area contributed by atoms with E-state index in [4.69, 9.17) is 22.1 Å². The van der Waals surface area contributed by atoms with E-state index in [-0.39, 0.29) is 23.7 Å². The van der Waals surface area contributed by atoms with Crippen LogP contribution in [-0.2, 0) is 14.9 Å². The lowest BCUT2D eigenvalue weighted by Crippen LogP contribution is -2.49. The summed E-state index contributed by atoms with van der Waals surface area (Å²) in [7, 11) is 0. The molecular weight excluding hydrogens is 367 g/mol. The highest BCUT2D eigenvalue weighted by molar-refractivity contribution is 7.98. The first-order valence-corrected chi connectivity index (χ1v) is 9.71. The molecule has 1 fully saturated rings. The van der Waals surface area contributed by atoms with Gasteiger partial charge in [-0.1, -0.05) is 23.7 Å². The van der Waals surface area contributed by atoms with Crippen molar-refractivity contribution >= 4 is 41.7 Å².